The highest BCUT2D eigenvalue weighted by Crippen LogP contribution is 2.77. The smallest absolute Gasteiger partial charge is 0.315 e. The van der Waals surface area contributed by atoms with Crippen LogP contribution in [0.5, 0.6) is 0 Å². The molecule has 48 heavy (non-hydrogen) atoms. The van der Waals surface area contributed by atoms with E-state index in [0.29, 0.717) is 40.9 Å². The zero-order chi connectivity index (χ0) is 34.3. The molecule has 4 fully saturated rings. The van der Waals surface area contributed by atoms with Crippen molar-refractivity contribution in [3.05, 3.63) is 71.3 Å². The lowest BCUT2D eigenvalue weighted by molar-refractivity contribution is -0.225. The highest BCUT2D eigenvalue weighted by Gasteiger charge is 2.69. The second-order valence-electron chi connectivity index (χ2n) is 19.3. The van der Waals surface area contributed by atoms with E-state index < -0.39 is 12.1 Å². The second-order valence-corrected chi connectivity index (χ2v) is 19.3. The highest BCUT2D eigenvalue weighted by atomic mass is 19.1. The van der Waals surface area contributed by atoms with E-state index in [2.05, 4.69) is 67.2 Å². The average molecular weight is 655 g/mol. The predicted octanol–water partition coefficient (Wildman–Crippen LogP) is 12.0. The first-order valence-electron chi connectivity index (χ1n) is 19.5. The molecule has 0 heterocycles. The molecule has 1 aromatic rings. The Hall–Kier alpha value is -2.16. The van der Waals surface area contributed by atoms with Gasteiger partial charge in [0.15, 0.2) is 0 Å². The van der Waals surface area contributed by atoms with Gasteiger partial charge < -0.3 is 4.74 Å². The largest absolute Gasteiger partial charge is 0.460 e. The Morgan fingerprint density at radius 3 is 2.27 bits per heavy atom. The molecule has 3 heteroatoms. The van der Waals surface area contributed by atoms with Gasteiger partial charge in [-0.15, -0.1) is 0 Å². The molecule has 0 aromatic heterocycles. The van der Waals surface area contributed by atoms with Gasteiger partial charge in [0, 0.05) is 0 Å². The third-order valence-corrected chi connectivity index (χ3v) is 16.9. The Morgan fingerprint density at radius 1 is 0.854 bits per heavy atom. The number of hydrogen-bond acceptors (Lipinski definition) is 2. The van der Waals surface area contributed by atoms with Gasteiger partial charge in [-0.05, 0) is 157 Å². The van der Waals surface area contributed by atoms with E-state index in [9.17, 15) is 9.18 Å². The first-order valence-corrected chi connectivity index (χ1v) is 19.5. The van der Waals surface area contributed by atoms with Crippen LogP contribution in [0.15, 0.2) is 65.8 Å². The van der Waals surface area contributed by atoms with Crippen LogP contribution in [-0.4, -0.2) is 12.6 Å². The number of carbonyl (C=O) groups is 1. The van der Waals surface area contributed by atoms with Crippen LogP contribution in [0.25, 0.3) is 0 Å². The lowest BCUT2D eigenvalue weighted by Crippen LogP contribution is -2.65. The predicted molar refractivity (Wildman–Crippen MR) is 195 cm³/mol. The molecule has 0 bridgehead atoms. The zero-order valence-corrected chi connectivity index (χ0v) is 31.2. The van der Waals surface area contributed by atoms with Crippen LogP contribution >= 0.6 is 0 Å². The van der Waals surface area contributed by atoms with Crippen molar-refractivity contribution in [1.29, 1.82) is 0 Å². The van der Waals surface area contributed by atoms with E-state index >= 15 is 0 Å². The second kappa shape index (κ2) is 11.7. The Kier molecular flexibility index (Phi) is 8.36. The maximum absolute atomic E-state index is 14.7. The van der Waals surface area contributed by atoms with Crippen molar-refractivity contribution >= 4 is 5.97 Å². The maximum Gasteiger partial charge on any atom is 0.315 e. The summed E-state index contributed by atoms with van der Waals surface area (Å²) in [6, 6.07) is 9.71. The summed E-state index contributed by atoms with van der Waals surface area (Å²) in [7, 11) is 0. The number of carbonyl (C=O) groups excluding carboxylic acids is 1. The van der Waals surface area contributed by atoms with Gasteiger partial charge in [0.2, 0.25) is 0 Å². The summed E-state index contributed by atoms with van der Waals surface area (Å²) in [5, 5.41) is 0. The van der Waals surface area contributed by atoms with Gasteiger partial charge in [0.05, 0.1) is 5.41 Å². The van der Waals surface area contributed by atoms with Gasteiger partial charge in [0.25, 0.3) is 0 Å². The normalized spacial score (nSPS) is 44.6. The Morgan fingerprint density at radius 2 is 1.60 bits per heavy atom. The van der Waals surface area contributed by atoms with Crippen LogP contribution in [0.1, 0.15) is 131 Å². The van der Waals surface area contributed by atoms with Crippen LogP contribution < -0.4 is 0 Å². The fourth-order valence-electron chi connectivity index (χ4n) is 14.0. The molecule has 0 N–H and O–H groups in total. The van der Waals surface area contributed by atoms with Gasteiger partial charge in [-0.2, -0.15) is 0 Å². The summed E-state index contributed by atoms with van der Waals surface area (Å²) in [4.78, 5) is 13.3. The van der Waals surface area contributed by atoms with E-state index in [1.165, 1.54) is 68.1 Å². The first kappa shape index (κ1) is 34.3. The minimum Gasteiger partial charge on any atom is -0.460 e. The standard InChI is InChI=1S/C45H63FO2/c1-30(2)33-18-21-41(5)26-27-43(7)35(38(33)41)14-15-37-42(6)22-19-34(40(3,4)36(42)20-23-44(37,43)8)32-16-24-45(29-46,25-17-32)39(47)48-28-31-12-10-9-11-13-31/h9-13,16,19,33,35-38H,1,14-15,17-18,20-29H2,2-8H3/t33-,35+,36-,37+,38+,41+,42-,43+,44+,45+/m0/s1. The fourth-order valence-corrected chi connectivity index (χ4v) is 14.0. The molecule has 0 amide bonds. The summed E-state index contributed by atoms with van der Waals surface area (Å²) in [5.41, 5.74) is 5.69. The van der Waals surface area contributed by atoms with Crippen molar-refractivity contribution in [3.63, 3.8) is 0 Å². The number of rotatable bonds is 6. The number of allylic oxidation sites excluding steroid dienone is 5. The summed E-state index contributed by atoms with van der Waals surface area (Å²) in [6.45, 7) is 22.2. The molecule has 262 valence electrons. The third kappa shape index (κ3) is 4.85. The number of alkyl halides is 1. The SMILES string of the molecule is C=C(C)[C@@H]1CC[C@]2(C)CC[C@]3(C)[C@H](CC[C@@H]4[C@@]5(C)CC=C(C6=CC[C@@](CF)(C(=O)OCc7ccccc7)CC6)C(C)(C)[C@@H]5CC[C@]43C)[C@@H]12. The van der Waals surface area contributed by atoms with Crippen LogP contribution in [0.3, 0.4) is 0 Å². The molecule has 6 aliphatic carbocycles. The molecule has 10 atom stereocenters. The molecular formula is C45H63FO2. The molecule has 0 spiro atoms. The monoisotopic (exact) mass is 654 g/mol. The number of halogens is 1. The fraction of sp³-hybridized carbons (Fsp3) is 0.711. The number of fused-ring (bicyclic) bond motifs is 7. The van der Waals surface area contributed by atoms with Crippen molar-refractivity contribution in [1.82, 2.24) is 0 Å². The highest BCUT2D eigenvalue weighted by molar-refractivity contribution is 5.78. The summed E-state index contributed by atoms with van der Waals surface area (Å²) >= 11 is 0. The topological polar surface area (TPSA) is 26.3 Å². The summed E-state index contributed by atoms with van der Waals surface area (Å²) in [6.07, 6.45) is 18.5. The van der Waals surface area contributed by atoms with E-state index in [1.807, 2.05) is 30.3 Å². The van der Waals surface area contributed by atoms with Crippen LogP contribution in [0.2, 0.25) is 0 Å². The molecule has 0 radical (unpaired) electrons. The number of esters is 1. The third-order valence-electron chi connectivity index (χ3n) is 16.9. The van der Waals surface area contributed by atoms with Gasteiger partial charge in [-0.25, -0.2) is 4.39 Å². The summed E-state index contributed by atoms with van der Waals surface area (Å²) < 4.78 is 20.3. The summed E-state index contributed by atoms with van der Waals surface area (Å²) in [5.74, 6) is 3.28. The Bertz CT molecular complexity index is 1500. The van der Waals surface area contributed by atoms with Crippen molar-refractivity contribution < 1.29 is 13.9 Å². The van der Waals surface area contributed by atoms with Gasteiger partial charge in [0.1, 0.15) is 13.3 Å². The Labute approximate surface area is 291 Å². The van der Waals surface area contributed by atoms with Crippen molar-refractivity contribution in [2.75, 3.05) is 6.67 Å². The minimum atomic E-state index is -1.06. The number of benzene rings is 1. The lowest BCUT2D eigenvalue weighted by atomic mass is 9.32. The Balaban J connectivity index is 1.12. The molecule has 2 nitrogen and oxygen atoms in total. The van der Waals surface area contributed by atoms with Crippen molar-refractivity contribution in [2.24, 2.45) is 62.1 Å². The molecule has 6 aliphatic rings. The van der Waals surface area contributed by atoms with Gasteiger partial charge in [-0.1, -0.05) is 96.2 Å². The molecule has 1 aromatic carbocycles. The van der Waals surface area contributed by atoms with Crippen LogP contribution in [0, 0.1) is 62.1 Å². The average Bonchev–Trinajstić information content (AvgIpc) is 3.42. The van der Waals surface area contributed by atoms with Crippen LogP contribution in [-0.2, 0) is 16.1 Å². The van der Waals surface area contributed by atoms with E-state index in [4.69, 9.17) is 4.74 Å². The molecule has 7 rings (SSSR count). The molecule has 0 saturated heterocycles. The van der Waals surface area contributed by atoms with Gasteiger partial charge >= 0.3 is 5.97 Å². The quantitative estimate of drug-likeness (QED) is 0.225. The van der Waals surface area contributed by atoms with Crippen LogP contribution in [0.4, 0.5) is 4.39 Å². The number of ether oxygens (including phenoxy) is 1. The number of hydrogen-bond donors (Lipinski definition) is 0. The molecular weight excluding hydrogens is 591 g/mol. The van der Waals surface area contributed by atoms with Gasteiger partial charge in [-0.3, -0.25) is 4.79 Å². The lowest BCUT2D eigenvalue weighted by Gasteiger charge is -2.72. The van der Waals surface area contributed by atoms with E-state index in [-0.39, 0.29) is 23.4 Å². The first-order chi connectivity index (χ1) is 22.7. The molecule has 0 aliphatic heterocycles. The van der Waals surface area contributed by atoms with E-state index in [1.54, 1.807) is 0 Å². The molecule has 4 saturated carbocycles. The zero-order valence-electron chi connectivity index (χ0n) is 31.2. The maximum atomic E-state index is 14.7. The van der Waals surface area contributed by atoms with E-state index in [0.717, 1.165) is 36.2 Å². The molecule has 0 unspecified atom stereocenters. The van der Waals surface area contributed by atoms with Crippen molar-refractivity contribution in [2.45, 2.75) is 132 Å². The van der Waals surface area contributed by atoms with Crippen molar-refractivity contribution in [3.8, 4) is 0 Å². The minimum absolute atomic E-state index is 0.0447.